The Morgan fingerprint density at radius 1 is 1.00 bits per heavy atom. The van der Waals surface area contributed by atoms with Crippen LogP contribution in [0.15, 0.2) is 89.2 Å². The minimum absolute atomic E-state index is 0.0856. The van der Waals surface area contributed by atoms with Gasteiger partial charge in [-0.25, -0.2) is 4.79 Å². The molecule has 0 bridgehead atoms. The molecular weight excluding hydrogens is 564 g/mol. The number of benzene rings is 2. The fourth-order valence-electron chi connectivity index (χ4n) is 4.85. The van der Waals surface area contributed by atoms with Crippen molar-refractivity contribution in [3.63, 3.8) is 0 Å². The van der Waals surface area contributed by atoms with Crippen LogP contribution in [-0.4, -0.2) is 59.5 Å². The van der Waals surface area contributed by atoms with Crippen molar-refractivity contribution < 1.29 is 33.4 Å². The smallest absolute Gasteiger partial charge is 0.334 e. The first-order valence-corrected chi connectivity index (χ1v) is 14.7. The number of methoxy groups -OCH3 is 1. The van der Waals surface area contributed by atoms with E-state index in [1.54, 1.807) is 5.41 Å². The van der Waals surface area contributed by atoms with E-state index in [0.717, 1.165) is 16.0 Å². The summed E-state index contributed by atoms with van der Waals surface area (Å²) >= 11 is 2.63. The molecule has 11 heteroatoms. The first kappa shape index (κ1) is 28.6. The van der Waals surface area contributed by atoms with Crippen LogP contribution in [0.3, 0.4) is 0 Å². The number of hydrogen-bond donors (Lipinski definition) is 1. The van der Waals surface area contributed by atoms with Crippen LogP contribution in [0.4, 0.5) is 0 Å². The summed E-state index contributed by atoms with van der Waals surface area (Å²) in [7, 11) is 1.34. The largest absolute Gasteiger partial charge is 0.461 e. The summed E-state index contributed by atoms with van der Waals surface area (Å²) in [5.74, 6) is -2.21. The van der Waals surface area contributed by atoms with Gasteiger partial charge in [-0.1, -0.05) is 66.7 Å². The molecule has 3 aromatic rings. The lowest BCUT2D eigenvalue weighted by Gasteiger charge is -2.57. The van der Waals surface area contributed by atoms with Crippen LogP contribution in [0, 0.1) is 0 Å². The standard InChI is InChI=1S/C30H28N2O7S2/c1-19(33)38-17-22-18-41-29-30(37-2,31-24(34)16-23-14-9-15-40-23)28(36)32(29)25(22)27(35)39-26(20-10-5-3-6-11-20)21-12-7-4-8-13-21/h3-15,18,25-26,29H,16-17H2,1-2H3,(H,31,34)/t25?,29-,30?/m0/s1. The van der Waals surface area contributed by atoms with Gasteiger partial charge >= 0.3 is 11.9 Å². The number of carbonyl (C=O) groups is 4. The number of rotatable bonds is 10. The Bertz CT molecular complexity index is 1410. The van der Waals surface area contributed by atoms with Crippen molar-refractivity contribution in [3.8, 4) is 0 Å². The summed E-state index contributed by atoms with van der Waals surface area (Å²) in [6.45, 7) is 1.06. The van der Waals surface area contributed by atoms with Gasteiger partial charge in [-0.2, -0.15) is 0 Å². The first-order chi connectivity index (χ1) is 19.8. The fourth-order valence-corrected chi connectivity index (χ4v) is 6.85. The molecule has 3 heterocycles. The maximum Gasteiger partial charge on any atom is 0.334 e. The van der Waals surface area contributed by atoms with Crippen LogP contribution in [0.25, 0.3) is 0 Å². The third-order valence-electron chi connectivity index (χ3n) is 6.80. The second-order valence-electron chi connectivity index (χ2n) is 9.46. The lowest BCUT2D eigenvalue weighted by atomic mass is 9.94. The number of ether oxygens (including phenoxy) is 3. The second kappa shape index (κ2) is 12.3. The molecule has 5 rings (SSSR count). The molecule has 41 heavy (non-hydrogen) atoms. The van der Waals surface area contributed by atoms with Crippen molar-refractivity contribution in [1.29, 1.82) is 0 Å². The molecule has 3 atom stereocenters. The van der Waals surface area contributed by atoms with Gasteiger partial charge in [-0.05, 0) is 28.0 Å². The lowest BCUT2D eigenvalue weighted by molar-refractivity contribution is -0.203. The third kappa shape index (κ3) is 5.79. The summed E-state index contributed by atoms with van der Waals surface area (Å²) in [5, 5.41) is 5.53. The maximum absolute atomic E-state index is 13.9. The van der Waals surface area contributed by atoms with E-state index in [-0.39, 0.29) is 18.9 Å². The Morgan fingerprint density at radius 2 is 1.66 bits per heavy atom. The van der Waals surface area contributed by atoms with Crippen molar-refractivity contribution in [2.24, 2.45) is 0 Å². The van der Waals surface area contributed by atoms with Crippen LogP contribution in [0.5, 0.6) is 0 Å². The predicted molar refractivity (Wildman–Crippen MR) is 153 cm³/mol. The number of fused-ring (bicyclic) bond motifs is 1. The quantitative estimate of drug-likeness (QED) is 0.215. The molecular formula is C30H28N2O7S2. The normalized spacial score (nSPS) is 21.4. The van der Waals surface area contributed by atoms with Gasteiger partial charge in [-0.15, -0.1) is 23.1 Å². The van der Waals surface area contributed by atoms with Gasteiger partial charge < -0.3 is 24.4 Å². The van der Waals surface area contributed by atoms with Crippen molar-refractivity contribution in [2.45, 2.75) is 36.6 Å². The Morgan fingerprint density at radius 3 is 2.22 bits per heavy atom. The van der Waals surface area contributed by atoms with Gasteiger partial charge in [0, 0.05) is 24.5 Å². The first-order valence-electron chi connectivity index (χ1n) is 12.8. The Balaban J connectivity index is 1.43. The van der Waals surface area contributed by atoms with Gasteiger partial charge in [0.25, 0.3) is 11.6 Å². The molecule has 0 radical (unpaired) electrons. The molecule has 212 valence electrons. The number of esters is 2. The van der Waals surface area contributed by atoms with E-state index in [1.165, 1.54) is 42.0 Å². The lowest BCUT2D eigenvalue weighted by Crippen LogP contribution is -2.83. The molecule has 1 N–H and O–H groups in total. The van der Waals surface area contributed by atoms with Crippen LogP contribution in [-0.2, 0) is 39.8 Å². The molecule has 1 fully saturated rings. The van der Waals surface area contributed by atoms with Crippen molar-refractivity contribution >= 4 is 46.9 Å². The number of amides is 2. The number of thioether (sulfide) groups is 1. The number of carbonyl (C=O) groups excluding carboxylic acids is 4. The van der Waals surface area contributed by atoms with E-state index in [2.05, 4.69) is 5.32 Å². The minimum Gasteiger partial charge on any atom is -0.461 e. The molecule has 2 amide bonds. The Hall–Kier alpha value is -3.93. The number of nitrogens with one attached hydrogen (secondary N) is 1. The van der Waals surface area contributed by atoms with E-state index < -0.39 is 41.1 Å². The summed E-state index contributed by atoms with van der Waals surface area (Å²) < 4.78 is 16.9. The van der Waals surface area contributed by atoms with Gasteiger partial charge in [0.1, 0.15) is 12.0 Å². The summed E-state index contributed by atoms with van der Waals surface area (Å²) in [5.41, 5.74) is 0.219. The summed E-state index contributed by atoms with van der Waals surface area (Å²) in [6, 6.07) is 21.0. The number of β-lactam (4-membered cyclic amide) rings is 1. The van der Waals surface area contributed by atoms with E-state index >= 15 is 0 Å². The van der Waals surface area contributed by atoms with Crippen molar-refractivity contribution in [3.05, 3.63) is 105 Å². The highest BCUT2D eigenvalue weighted by molar-refractivity contribution is 8.03. The predicted octanol–water partition coefficient (Wildman–Crippen LogP) is 3.81. The zero-order valence-corrected chi connectivity index (χ0v) is 24.0. The molecule has 0 aliphatic carbocycles. The molecule has 0 spiro atoms. The molecule has 2 aromatic carbocycles. The molecule has 9 nitrogen and oxygen atoms in total. The van der Waals surface area contributed by atoms with Gasteiger partial charge in [0.2, 0.25) is 5.91 Å². The zero-order chi connectivity index (χ0) is 29.0. The Kier molecular flexibility index (Phi) is 8.57. The molecule has 2 unspecified atom stereocenters. The molecule has 1 aromatic heterocycles. The molecule has 2 aliphatic heterocycles. The highest BCUT2D eigenvalue weighted by atomic mass is 32.2. The van der Waals surface area contributed by atoms with Crippen LogP contribution in [0.2, 0.25) is 0 Å². The van der Waals surface area contributed by atoms with E-state index in [1.807, 2.05) is 78.2 Å². The number of hydrogen-bond acceptors (Lipinski definition) is 9. The molecule has 2 aliphatic rings. The van der Waals surface area contributed by atoms with Gasteiger partial charge in [0.05, 0.1) is 6.42 Å². The monoisotopic (exact) mass is 592 g/mol. The Labute approximate surface area is 245 Å². The maximum atomic E-state index is 13.9. The van der Waals surface area contributed by atoms with Gasteiger partial charge in [0.15, 0.2) is 12.1 Å². The van der Waals surface area contributed by atoms with Crippen molar-refractivity contribution in [1.82, 2.24) is 10.2 Å². The van der Waals surface area contributed by atoms with Crippen LogP contribution >= 0.6 is 23.1 Å². The minimum atomic E-state index is -1.67. The highest BCUT2D eigenvalue weighted by Crippen LogP contribution is 2.47. The molecule has 0 saturated carbocycles. The van der Waals surface area contributed by atoms with E-state index in [9.17, 15) is 19.2 Å². The summed E-state index contributed by atoms with van der Waals surface area (Å²) in [4.78, 5) is 54.4. The topological polar surface area (TPSA) is 111 Å². The molecule has 1 saturated heterocycles. The average molecular weight is 593 g/mol. The second-order valence-corrected chi connectivity index (χ2v) is 11.4. The van der Waals surface area contributed by atoms with Gasteiger partial charge in [-0.3, -0.25) is 14.4 Å². The van der Waals surface area contributed by atoms with E-state index in [4.69, 9.17) is 14.2 Å². The highest BCUT2D eigenvalue weighted by Gasteiger charge is 2.67. The fraction of sp³-hybridized carbons (Fsp3) is 0.267. The number of thiophene rings is 1. The SMILES string of the molecule is COC1(NC(=O)Cc2cccs2)C(=O)N2C(C(=O)OC(c3ccccc3)c3ccccc3)C(COC(C)=O)=CS[C@H]21. The number of nitrogens with zero attached hydrogens (tertiary/aromatic N) is 1. The van der Waals surface area contributed by atoms with E-state index in [0.29, 0.717) is 5.57 Å². The average Bonchev–Trinajstić information content (AvgIpc) is 3.50. The third-order valence-corrected chi connectivity index (χ3v) is 8.93. The zero-order valence-electron chi connectivity index (χ0n) is 22.4. The van der Waals surface area contributed by atoms with Crippen LogP contribution in [0.1, 0.15) is 29.0 Å². The van der Waals surface area contributed by atoms with Crippen LogP contribution < -0.4 is 5.32 Å². The summed E-state index contributed by atoms with van der Waals surface area (Å²) in [6.07, 6.45) is -0.663. The van der Waals surface area contributed by atoms with Crippen molar-refractivity contribution in [2.75, 3.05) is 13.7 Å².